The molecule has 0 aliphatic carbocycles. The first-order chi connectivity index (χ1) is 8.08. The maximum absolute atomic E-state index is 11.3. The fraction of sp³-hybridized carbons (Fsp3) is 0.0833. The maximum Gasteiger partial charge on any atom is 0.343 e. The molecule has 0 aromatic heterocycles. The van der Waals surface area contributed by atoms with Crippen LogP contribution in [0.1, 0.15) is 10.4 Å². The van der Waals surface area contributed by atoms with Gasteiger partial charge in [-0.05, 0) is 24.3 Å². The zero-order valence-corrected chi connectivity index (χ0v) is 9.95. The lowest BCUT2D eigenvalue weighted by Gasteiger charge is -2.04. The van der Waals surface area contributed by atoms with Crippen molar-refractivity contribution in [1.29, 1.82) is 0 Å². The largest absolute Gasteiger partial charge is 0.465 e. The van der Waals surface area contributed by atoms with Gasteiger partial charge in [-0.2, -0.15) is 0 Å². The van der Waals surface area contributed by atoms with E-state index in [0.29, 0.717) is 11.3 Å². The molecule has 88 valence electrons. The molecule has 1 aromatic carbocycles. The van der Waals surface area contributed by atoms with Crippen molar-refractivity contribution in [2.24, 2.45) is 0 Å². The van der Waals surface area contributed by atoms with Crippen LogP contribution in [0.2, 0.25) is 0 Å². The second-order valence-electron chi connectivity index (χ2n) is 3.05. The van der Waals surface area contributed by atoms with Crippen LogP contribution in [0.15, 0.2) is 36.4 Å². The Kier molecular flexibility index (Phi) is 4.54. The molecule has 0 heterocycles. The Morgan fingerprint density at radius 2 is 1.88 bits per heavy atom. The summed E-state index contributed by atoms with van der Waals surface area (Å²) in [6.45, 7) is 3.42. The minimum absolute atomic E-state index is 0.0945. The summed E-state index contributed by atoms with van der Waals surface area (Å²) < 4.78 is 9.48. The lowest BCUT2D eigenvalue weighted by molar-refractivity contribution is -0.129. The number of hydrogen-bond donors (Lipinski definition) is 0. The van der Waals surface area contributed by atoms with E-state index in [2.05, 4.69) is 23.5 Å². The molecule has 0 N–H and O–H groups in total. The highest BCUT2D eigenvalue weighted by Gasteiger charge is 2.09. The van der Waals surface area contributed by atoms with Gasteiger partial charge in [0.25, 0.3) is 0 Å². The van der Waals surface area contributed by atoms with Crippen LogP contribution in [-0.4, -0.2) is 24.4 Å². The lowest BCUT2D eigenvalue weighted by Crippen LogP contribution is -2.10. The van der Waals surface area contributed by atoms with E-state index < -0.39 is 11.9 Å². The number of hydrogen-bond acceptors (Lipinski definition) is 5. The molecular weight excluding hydrogens is 240 g/mol. The van der Waals surface area contributed by atoms with Crippen LogP contribution >= 0.6 is 12.2 Å². The van der Waals surface area contributed by atoms with E-state index in [0.717, 1.165) is 5.37 Å². The summed E-state index contributed by atoms with van der Waals surface area (Å²) in [6, 6.07) is 5.96. The van der Waals surface area contributed by atoms with E-state index in [9.17, 15) is 9.59 Å². The van der Waals surface area contributed by atoms with Crippen molar-refractivity contribution in [1.82, 2.24) is 0 Å². The van der Waals surface area contributed by atoms with Gasteiger partial charge in [0.2, 0.25) is 0 Å². The number of carbonyl (C=O) groups is 2. The summed E-state index contributed by atoms with van der Waals surface area (Å²) in [5.41, 5.74) is 0.470. The number of thiocarbonyl (C=S) groups is 1. The van der Waals surface area contributed by atoms with Crippen molar-refractivity contribution in [3.63, 3.8) is 0 Å². The SMILES string of the molecule is C=C(C=S)C(=O)Oc1ccc(C(=O)OC)cc1. The molecule has 0 bridgehead atoms. The summed E-state index contributed by atoms with van der Waals surface area (Å²) in [5.74, 6) is -0.766. The molecule has 0 unspecified atom stereocenters. The molecule has 0 saturated carbocycles. The Hall–Kier alpha value is -2.01. The molecule has 4 nitrogen and oxygen atoms in total. The van der Waals surface area contributed by atoms with Crippen LogP contribution in [0.5, 0.6) is 5.75 Å². The normalized spacial score (nSPS) is 9.24. The van der Waals surface area contributed by atoms with Gasteiger partial charge in [-0.25, -0.2) is 9.59 Å². The number of benzene rings is 1. The van der Waals surface area contributed by atoms with E-state index in [1.54, 1.807) is 0 Å². The fourth-order valence-electron chi connectivity index (χ4n) is 0.998. The Labute approximate surface area is 104 Å². The van der Waals surface area contributed by atoms with Crippen LogP contribution in [0.25, 0.3) is 0 Å². The Morgan fingerprint density at radius 3 is 2.35 bits per heavy atom. The number of carbonyl (C=O) groups excluding carboxylic acids is 2. The van der Waals surface area contributed by atoms with Crippen molar-refractivity contribution >= 4 is 29.5 Å². The highest BCUT2D eigenvalue weighted by atomic mass is 32.1. The Bertz CT molecular complexity index is 462. The van der Waals surface area contributed by atoms with Crippen LogP contribution in [0.4, 0.5) is 0 Å². The smallest absolute Gasteiger partial charge is 0.343 e. The van der Waals surface area contributed by atoms with E-state index in [1.165, 1.54) is 31.4 Å². The number of ether oxygens (including phenoxy) is 2. The lowest BCUT2D eigenvalue weighted by atomic mass is 10.2. The first kappa shape index (κ1) is 13.1. The second kappa shape index (κ2) is 5.91. The summed E-state index contributed by atoms with van der Waals surface area (Å²) in [7, 11) is 1.29. The molecule has 0 amide bonds. The van der Waals surface area contributed by atoms with Gasteiger partial charge in [0.05, 0.1) is 18.2 Å². The average molecular weight is 250 g/mol. The van der Waals surface area contributed by atoms with E-state index in [1.807, 2.05) is 0 Å². The third kappa shape index (κ3) is 3.49. The zero-order valence-electron chi connectivity index (χ0n) is 9.14. The number of methoxy groups -OCH3 is 1. The van der Waals surface area contributed by atoms with Crippen molar-refractivity contribution in [2.45, 2.75) is 0 Å². The molecule has 1 aromatic rings. The maximum atomic E-state index is 11.3. The predicted molar refractivity (Wildman–Crippen MR) is 66.2 cm³/mol. The third-order valence-corrected chi connectivity index (χ3v) is 2.17. The van der Waals surface area contributed by atoms with Crippen molar-refractivity contribution in [3.8, 4) is 5.75 Å². The second-order valence-corrected chi connectivity index (χ2v) is 3.28. The van der Waals surface area contributed by atoms with Gasteiger partial charge in [0.1, 0.15) is 5.75 Å². The van der Waals surface area contributed by atoms with Gasteiger partial charge >= 0.3 is 11.9 Å². The molecule has 17 heavy (non-hydrogen) atoms. The Morgan fingerprint density at radius 1 is 1.29 bits per heavy atom. The first-order valence-corrected chi connectivity index (χ1v) is 5.10. The molecule has 0 radical (unpaired) electrons. The van der Waals surface area contributed by atoms with Crippen LogP contribution < -0.4 is 4.74 Å². The van der Waals surface area contributed by atoms with Crippen LogP contribution in [-0.2, 0) is 9.53 Å². The summed E-state index contributed by atoms with van der Waals surface area (Å²) in [5, 5.41) is 1.14. The van der Waals surface area contributed by atoms with Crippen molar-refractivity contribution in [2.75, 3.05) is 7.11 Å². The molecule has 0 fully saturated rings. The van der Waals surface area contributed by atoms with Gasteiger partial charge < -0.3 is 9.47 Å². The minimum Gasteiger partial charge on any atom is -0.465 e. The van der Waals surface area contributed by atoms with Gasteiger partial charge in [-0.3, -0.25) is 0 Å². The number of rotatable bonds is 4. The van der Waals surface area contributed by atoms with E-state index in [-0.39, 0.29) is 5.57 Å². The molecule has 0 spiro atoms. The molecule has 0 aliphatic heterocycles. The Balaban J connectivity index is 2.75. The summed E-state index contributed by atoms with van der Waals surface area (Å²) in [6.07, 6.45) is 0. The van der Waals surface area contributed by atoms with Gasteiger partial charge in [-0.1, -0.05) is 18.8 Å². The molecule has 5 heteroatoms. The quantitative estimate of drug-likeness (QED) is 0.354. The van der Waals surface area contributed by atoms with E-state index >= 15 is 0 Å². The van der Waals surface area contributed by atoms with Crippen molar-refractivity contribution in [3.05, 3.63) is 42.0 Å². The summed E-state index contributed by atoms with van der Waals surface area (Å²) in [4.78, 5) is 22.4. The van der Waals surface area contributed by atoms with Crippen LogP contribution in [0, 0.1) is 0 Å². The van der Waals surface area contributed by atoms with Gasteiger partial charge in [0.15, 0.2) is 0 Å². The molecular formula is C12H10O4S. The molecule has 0 atom stereocenters. The highest BCUT2D eigenvalue weighted by Crippen LogP contribution is 2.13. The molecule has 0 saturated heterocycles. The average Bonchev–Trinajstić information content (AvgIpc) is 2.37. The van der Waals surface area contributed by atoms with Crippen molar-refractivity contribution < 1.29 is 19.1 Å². The minimum atomic E-state index is -0.620. The topological polar surface area (TPSA) is 52.6 Å². The number of esters is 2. The molecule has 0 aliphatic rings. The fourth-order valence-corrected chi connectivity index (χ4v) is 1.09. The third-order valence-electron chi connectivity index (χ3n) is 1.89. The van der Waals surface area contributed by atoms with Crippen LogP contribution in [0.3, 0.4) is 0 Å². The van der Waals surface area contributed by atoms with Gasteiger partial charge in [-0.15, -0.1) is 0 Å². The highest BCUT2D eigenvalue weighted by molar-refractivity contribution is 7.79. The molecule has 1 rings (SSSR count). The van der Waals surface area contributed by atoms with Gasteiger partial charge in [0, 0.05) is 5.37 Å². The zero-order chi connectivity index (χ0) is 12.8. The van der Waals surface area contributed by atoms with E-state index in [4.69, 9.17) is 4.74 Å². The predicted octanol–water partition coefficient (Wildman–Crippen LogP) is 1.93. The monoisotopic (exact) mass is 250 g/mol. The first-order valence-electron chi connectivity index (χ1n) is 4.63. The summed E-state index contributed by atoms with van der Waals surface area (Å²) >= 11 is 4.55. The standard InChI is InChI=1S/C12H10O4S/c1-8(7-17)11(13)16-10-5-3-9(4-6-10)12(14)15-2/h3-7H,1H2,2H3.